The summed E-state index contributed by atoms with van der Waals surface area (Å²) in [7, 11) is 0. The van der Waals surface area contributed by atoms with Crippen LogP contribution in [-0.4, -0.2) is 78.9 Å². The molecule has 0 atom stereocenters. The van der Waals surface area contributed by atoms with Crippen LogP contribution in [0.25, 0.3) is 0 Å². The van der Waals surface area contributed by atoms with Crippen molar-refractivity contribution >= 4 is 11.8 Å². The lowest BCUT2D eigenvalue weighted by molar-refractivity contribution is -0.137. The zero-order valence-electron chi connectivity index (χ0n) is 16.3. The maximum atomic E-state index is 12.5. The van der Waals surface area contributed by atoms with Crippen LogP contribution >= 0.6 is 0 Å². The minimum atomic E-state index is -0.0919. The van der Waals surface area contributed by atoms with Gasteiger partial charge in [-0.3, -0.25) is 19.4 Å². The Bertz CT molecular complexity index is 597. The molecule has 2 rings (SSSR count). The summed E-state index contributed by atoms with van der Waals surface area (Å²) in [6.07, 6.45) is 0. The summed E-state index contributed by atoms with van der Waals surface area (Å²) in [4.78, 5) is 30.5. The summed E-state index contributed by atoms with van der Waals surface area (Å²) in [6, 6.07) is 8.50. The van der Waals surface area contributed by atoms with E-state index in [1.807, 2.05) is 13.8 Å². The maximum Gasteiger partial charge on any atom is 0.239 e. The van der Waals surface area contributed by atoms with E-state index in [-0.39, 0.29) is 18.4 Å². The van der Waals surface area contributed by atoms with Gasteiger partial charge in [0, 0.05) is 45.8 Å². The van der Waals surface area contributed by atoms with E-state index in [2.05, 4.69) is 46.3 Å². The number of aryl methyl sites for hydroxylation is 1. The van der Waals surface area contributed by atoms with Crippen molar-refractivity contribution in [1.82, 2.24) is 20.0 Å². The molecular formula is C20H32N4O2. The predicted octanol–water partition coefficient (Wildman–Crippen LogP) is 1.10. The Labute approximate surface area is 157 Å². The van der Waals surface area contributed by atoms with E-state index in [0.717, 1.165) is 32.7 Å². The highest BCUT2D eigenvalue weighted by Gasteiger charge is 2.22. The Balaban J connectivity index is 1.77. The largest absolute Gasteiger partial charge is 0.355 e. The second-order valence-corrected chi connectivity index (χ2v) is 6.84. The van der Waals surface area contributed by atoms with Gasteiger partial charge in [0.2, 0.25) is 11.8 Å². The van der Waals surface area contributed by atoms with E-state index in [0.29, 0.717) is 19.6 Å². The first-order valence-corrected chi connectivity index (χ1v) is 9.57. The third-order valence-electron chi connectivity index (χ3n) is 4.92. The number of hydrogen-bond donors (Lipinski definition) is 1. The maximum absolute atomic E-state index is 12.5. The van der Waals surface area contributed by atoms with Crippen molar-refractivity contribution in [3.05, 3.63) is 35.4 Å². The van der Waals surface area contributed by atoms with Crippen LogP contribution in [0.1, 0.15) is 25.0 Å². The van der Waals surface area contributed by atoms with Crippen molar-refractivity contribution in [3.63, 3.8) is 0 Å². The van der Waals surface area contributed by atoms with Gasteiger partial charge in [-0.15, -0.1) is 0 Å². The molecule has 144 valence electrons. The second-order valence-electron chi connectivity index (χ2n) is 6.84. The van der Waals surface area contributed by atoms with Crippen molar-refractivity contribution < 1.29 is 9.59 Å². The van der Waals surface area contributed by atoms with Crippen LogP contribution < -0.4 is 5.32 Å². The molecule has 1 heterocycles. The van der Waals surface area contributed by atoms with Gasteiger partial charge < -0.3 is 10.2 Å². The van der Waals surface area contributed by atoms with Crippen LogP contribution in [-0.2, 0) is 16.1 Å². The molecule has 0 unspecified atom stereocenters. The predicted molar refractivity (Wildman–Crippen MR) is 104 cm³/mol. The van der Waals surface area contributed by atoms with E-state index >= 15 is 0 Å². The highest BCUT2D eigenvalue weighted by atomic mass is 16.2. The minimum Gasteiger partial charge on any atom is -0.355 e. The molecule has 1 saturated heterocycles. The van der Waals surface area contributed by atoms with Crippen molar-refractivity contribution in [3.8, 4) is 0 Å². The van der Waals surface area contributed by atoms with Gasteiger partial charge in [0.15, 0.2) is 0 Å². The van der Waals surface area contributed by atoms with E-state index < -0.39 is 0 Å². The average Bonchev–Trinajstić information content (AvgIpc) is 2.63. The molecule has 1 aromatic rings. The zero-order chi connectivity index (χ0) is 18.9. The number of carbonyl (C=O) groups is 2. The number of amides is 2. The number of nitrogens with one attached hydrogen (secondary N) is 1. The number of piperazine rings is 1. The topological polar surface area (TPSA) is 55.9 Å². The van der Waals surface area contributed by atoms with Gasteiger partial charge in [0.05, 0.1) is 13.1 Å². The van der Waals surface area contributed by atoms with Gasteiger partial charge in [-0.2, -0.15) is 0 Å². The Morgan fingerprint density at radius 3 is 2.35 bits per heavy atom. The first kappa shape index (κ1) is 20.4. The third-order valence-corrected chi connectivity index (χ3v) is 4.92. The van der Waals surface area contributed by atoms with Gasteiger partial charge in [-0.1, -0.05) is 24.3 Å². The van der Waals surface area contributed by atoms with Crippen molar-refractivity contribution in [2.45, 2.75) is 27.3 Å². The quantitative estimate of drug-likeness (QED) is 0.754. The van der Waals surface area contributed by atoms with Gasteiger partial charge in [-0.05, 0) is 31.9 Å². The summed E-state index contributed by atoms with van der Waals surface area (Å²) in [6.45, 7) is 12.3. The molecule has 0 bridgehead atoms. The molecule has 1 aromatic carbocycles. The van der Waals surface area contributed by atoms with Crippen LogP contribution in [0.5, 0.6) is 0 Å². The molecule has 0 radical (unpaired) electrons. The van der Waals surface area contributed by atoms with Gasteiger partial charge in [0.25, 0.3) is 0 Å². The van der Waals surface area contributed by atoms with E-state index in [1.54, 1.807) is 4.90 Å². The van der Waals surface area contributed by atoms with Gasteiger partial charge in [-0.25, -0.2) is 0 Å². The fraction of sp³-hybridized carbons (Fsp3) is 0.600. The Morgan fingerprint density at radius 1 is 1.08 bits per heavy atom. The molecule has 1 aliphatic rings. The summed E-state index contributed by atoms with van der Waals surface area (Å²) < 4.78 is 0. The zero-order valence-corrected chi connectivity index (χ0v) is 16.3. The first-order valence-electron chi connectivity index (χ1n) is 9.57. The number of rotatable bonds is 8. The van der Waals surface area contributed by atoms with Crippen molar-refractivity contribution in [1.29, 1.82) is 0 Å². The van der Waals surface area contributed by atoms with Crippen molar-refractivity contribution in [2.24, 2.45) is 0 Å². The van der Waals surface area contributed by atoms with Gasteiger partial charge in [0.1, 0.15) is 0 Å². The molecule has 6 nitrogen and oxygen atoms in total. The molecular weight excluding hydrogens is 328 g/mol. The lowest BCUT2D eigenvalue weighted by Crippen LogP contribution is -2.50. The molecule has 1 N–H and O–H groups in total. The molecule has 0 saturated carbocycles. The Kier molecular flexibility index (Phi) is 8.06. The number of benzene rings is 1. The third kappa shape index (κ3) is 6.11. The van der Waals surface area contributed by atoms with Crippen LogP contribution in [0.15, 0.2) is 24.3 Å². The van der Waals surface area contributed by atoms with Gasteiger partial charge >= 0.3 is 0 Å². The SMILES string of the molecule is CCNC(=O)CN(CC)C(=O)CN1CCN(Cc2ccccc2C)CC1. The molecule has 1 fully saturated rings. The lowest BCUT2D eigenvalue weighted by Gasteiger charge is -2.35. The summed E-state index contributed by atoms with van der Waals surface area (Å²) in [5.74, 6) is -0.0585. The molecule has 6 heteroatoms. The van der Waals surface area contributed by atoms with Crippen LogP contribution in [0.4, 0.5) is 0 Å². The summed E-state index contributed by atoms with van der Waals surface area (Å²) >= 11 is 0. The normalized spacial score (nSPS) is 15.7. The van der Waals surface area contributed by atoms with E-state index in [4.69, 9.17) is 0 Å². The second kappa shape index (κ2) is 10.3. The standard InChI is InChI=1S/C20H32N4O2/c1-4-21-19(25)15-24(5-2)20(26)16-23-12-10-22(11-13-23)14-18-9-7-6-8-17(18)3/h6-9H,4-5,10-16H2,1-3H3,(H,21,25). The highest BCUT2D eigenvalue weighted by molar-refractivity contribution is 5.85. The van der Waals surface area contributed by atoms with E-state index in [1.165, 1.54) is 11.1 Å². The van der Waals surface area contributed by atoms with E-state index in [9.17, 15) is 9.59 Å². The minimum absolute atomic E-state index is 0.0334. The summed E-state index contributed by atoms with van der Waals surface area (Å²) in [5, 5.41) is 2.75. The fourth-order valence-corrected chi connectivity index (χ4v) is 3.23. The van der Waals surface area contributed by atoms with Crippen LogP contribution in [0, 0.1) is 6.92 Å². The van der Waals surface area contributed by atoms with Crippen LogP contribution in [0.2, 0.25) is 0 Å². The summed E-state index contributed by atoms with van der Waals surface area (Å²) in [5.41, 5.74) is 2.70. The Hall–Kier alpha value is -1.92. The van der Waals surface area contributed by atoms with Crippen LogP contribution in [0.3, 0.4) is 0 Å². The molecule has 1 aliphatic heterocycles. The molecule has 0 aliphatic carbocycles. The number of nitrogens with zero attached hydrogens (tertiary/aromatic N) is 3. The molecule has 0 spiro atoms. The molecule has 0 aromatic heterocycles. The number of hydrogen-bond acceptors (Lipinski definition) is 4. The fourth-order valence-electron chi connectivity index (χ4n) is 3.23. The Morgan fingerprint density at radius 2 is 1.73 bits per heavy atom. The highest BCUT2D eigenvalue weighted by Crippen LogP contribution is 2.12. The lowest BCUT2D eigenvalue weighted by atomic mass is 10.1. The number of likely N-dealkylation sites (N-methyl/N-ethyl adjacent to an activating group) is 2. The monoisotopic (exact) mass is 360 g/mol. The number of carbonyl (C=O) groups excluding carboxylic acids is 2. The molecule has 2 amide bonds. The molecule has 26 heavy (non-hydrogen) atoms. The average molecular weight is 361 g/mol. The smallest absolute Gasteiger partial charge is 0.239 e. The van der Waals surface area contributed by atoms with Crippen molar-refractivity contribution in [2.75, 3.05) is 52.4 Å². The first-order chi connectivity index (χ1) is 12.5.